The monoisotopic (exact) mass is 459 g/mol. The van der Waals surface area contributed by atoms with Crippen LogP contribution in [0.5, 0.6) is 11.5 Å². The van der Waals surface area contributed by atoms with E-state index in [1.807, 2.05) is 47.4 Å². The maximum absolute atomic E-state index is 12.6. The van der Waals surface area contributed by atoms with Crippen molar-refractivity contribution in [1.29, 1.82) is 0 Å². The van der Waals surface area contributed by atoms with Crippen LogP contribution < -0.4 is 4.74 Å². The molecule has 0 aromatic heterocycles. The molecule has 0 saturated carbocycles. The van der Waals surface area contributed by atoms with Crippen LogP contribution >= 0.6 is 0 Å². The summed E-state index contributed by atoms with van der Waals surface area (Å²) in [5, 5.41) is 10.8. The van der Waals surface area contributed by atoms with Crippen LogP contribution in [-0.2, 0) is 4.79 Å². The van der Waals surface area contributed by atoms with Gasteiger partial charge in [-0.25, -0.2) is 0 Å². The van der Waals surface area contributed by atoms with Crippen LogP contribution in [0.2, 0.25) is 0 Å². The van der Waals surface area contributed by atoms with Crippen molar-refractivity contribution in [2.24, 2.45) is 0 Å². The highest BCUT2D eigenvalue weighted by Gasteiger charge is 2.24. The maximum Gasteiger partial charge on any atom is 0.269 e. The van der Waals surface area contributed by atoms with Gasteiger partial charge in [-0.2, -0.15) is 0 Å². The fourth-order valence-corrected chi connectivity index (χ4v) is 3.96. The Morgan fingerprint density at radius 1 is 0.912 bits per heavy atom. The van der Waals surface area contributed by atoms with Gasteiger partial charge in [0.05, 0.1) is 10.8 Å². The van der Waals surface area contributed by atoms with E-state index in [9.17, 15) is 19.7 Å². The third-order valence-electron chi connectivity index (χ3n) is 5.89. The molecule has 3 aromatic rings. The Morgan fingerprint density at radius 2 is 1.50 bits per heavy atom. The number of aldehydes is 1. The minimum Gasteiger partial charge on any atom is -0.457 e. The van der Waals surface area contributed by atoms with Crippen LogP contribution in [-0.4, -0.2) is 59.6 Å². The highest BCUT2D eigenvalue weighted by molar-refractivity contribution is 5.94. The van der Waals surface area contributed by atoms with Crippen molar-refractivity contribution in [1.82, 2.24) is 9.80 Å². The number of carbonyl (C=O) groups excluding carboxylic acids is 2. The van der Waals surface area contributed by atoms with Crippen molar-refractivity contribution in [2.75, 3.05) is 32.7 Å². The van der Waals surface area contributed by atoms with E-state index in [2.05, 4.69) is 4.90 Å². The summed E-state index contributed by atoms with van der Waals surface area (Å²) in [5.41, 5.74) is 1.58. The Bertz CT molecular complexity index is 1130. The quantitative estimate of drug-likeness (QED) is 0.286. The van der Waals surface area contributed by atoms with Gasteiger partial charge in [0, 0.05) is 50.4 Å². The lowest BCUT2D eigenvalue weighted by Gasteiger charge is -2.35. The number of hydrogen-bond acceptors (Lipinski definition) is 6. The molecule has 0 bridgehead atoms. The van der Waals surface area contributed by atoms with Crippen molar-refractivity contribution in [3.63, 3.8) is 0 Å². The number of piperazine rings is 1. The summed E-state index contributed by atoms with van der Waals surface area (Å²) in [7, 11) is 0. The van der Waals surface area contributed by atoms with E-state index in [1.165, 1.54) is 12.1 Å². The molecule has 8 heteroatoms. The van der Waals surface area contributed by atoms with Crippen molar-refractivity contribution in [2.45, 2.75) is 5.92 Å². The first-order valence-electron chi connectivity index (χ1n) is 11.1. The summed E-state index contributed by atoms with van der Waals surface area (Å²) >= 11 is 0. The number of carbonyl (C=O) groups is 2. The van der Waals surface area contributed by atoms with Crippen LogP contribution in [0.15, 0.2) is 78.9 Å². The maximum atomic E-state index is 12.6. The third kappa shape index (κ3) is 5.65. The van der Waals surface area contributed by atoms with Crippen LogP contribution in [0.25, 0.3) is 0 Å². The van der Waals surface area contributed by atoms with Gasteiger partial charge in [0.25, 0.3) is 11.6 Å². The average molecular weight is 460 g/mol. The fourth-order valence-electron chi connectivity index (χ4n) is 3.96. The molecule has 0 N–H and O–H groups in total. The van der Waals surface area contributed by atoms with Crippen LogP contribution in [0, 0.1) is 10.1 Å². The van der Waals surface area contributed by atoms with E-state index in [4.69, 9.17) is 4.74 Å². The Labute approximate surface area is 197 Å². The number of nitro benzene ring substituents is 1. The molecule has 0 radical (unpaired) electrons. The minimum atomic E-state index is -0.459. The van der Waals surface area contributed by atoms with E-state index in [0.717, 1.165) is 11.8 Å². The SMILES string of the molecule is O=CC(CN1CCN(C(=O)c2ccccc2)CC1)c1ccc(Oc2ccc([N+](=O)[O-])cc2)cc1. The largest absolute Gasteiger partial charge is 0.457 e. The lowest BCUT2D eigenvalue weighted by Crippen LogP contribution is -2.49. The molecule has 3 aromatic carbocycles. The molecule has 1 heterocycles. The molecule has 34 heavy (non-hydrogen) atoms. The minimum absolute atomic E-state index is 0.00166. The van der Waals surface area contributed by atoms with Gasteiger partial charge in [0.15, 0.2) is 0 Å². The van der Waals surface area contributed by atoms with Crippen molar-refractivity contribution < 1.29 is 19.2 Å². The smallest absolute Gasteiger partial charge is 0.269 e. The van der Waals surface area contributed by atoms with Crippen molar-refractivity contribution >= 4 is 17.9 Å². The second-order valence-electron chi connectivity index (χ2n) is 8.12. The Balaban J connectivity index is 1.31. The standard InChI is InChI=1S/C26H25N3O5/c30-19-22(18-27-14-16-28(17-15-27)26(31)21-4-2-1-3-5-21)20-6-10-24(11-7-20)34-25-12-8-23(9-13-25)29(32)33/h1-13,19,22H,14-18H2. The molecule has 1 fully saturated rings. The summed E-state index contributed by atoms with van der Waals surface area (Å²) in [6.07, 6.45) is 0.952. The van der Waals surface area contributed by atoms with Gasteiger partial charge in [-0.05, 0) is 42.0 Å². The van der Waals surface area contributed by atoms with E-state index < -0.39 is 4.92 Å². The highest BCUT2D eigenvalue weighted by Crippen LogP contribution is 2.26. The average Bonchev–Trinajstić information content (AvgIpc) is 2.88. The first-order valence-corrected chi connectivity index (χ1v) is 11.1. The normalized spacial score (nSPS) is 14.9. The summed E-state index contributed by atoms with van der Waals surface area (Å²) < 4.78 is 5.74. The molecule has 0 aliphatic carbocycles. The number of rotatable bonds is 8. The number of nitro groups is 1. The lowest BCUT2D eigenvalue weighted by molar-refractivity contribution is -0.384. The third-order valence-corrected chi connectivity index (χ3v) is 5.89. The zero-order chi connectivity index (χ0) is 23.9. The number of nitrogens with zero attached hydrogens (tertiary/aromatic N) is 3. The molecule has 0 spiro atoms. The fraction of sp³-hybridized carbons (Fsp3) is 0.231. The van der Waals surface area contributed by atoms with Gasteiger partial charge < -0.3 is 14.4 Å². The molecule has 1 aliphatic rings. The van der Waals surface area contributed by atoms with Crippen LogP contribution in [0.4, 0.5) is 5.69 Å². The second-order valence-corrected chi connectivity index (χ2v) is 8.12. The first kappa shape index (κ1) is 23.1. The number of ether oxygens (including phenoxy) is 1. The molecule has 1 unspecified atom stereocenters. The van der Waals surface area contributed by atoms with Crippen LogP contribution in [0.1, 0.15) is 21.8 Å². The van der Waals surface area contributed by atoms with Gasteiger partial charge in [-0.15, -0.1) is 0 Å². The molecular weight excluding hydrogens is 434 g/mol. The van der Waals surface area contributed by atoms with Gasteiger partial charge in [-0.1, -0.05) is 30.3 Å². The number of benzene rings is 3. The molecular formula is C26H25N3O5. The number of non-ortho nitro benzene ring substituents is 1. The molecule has 174 valence electrons. The van der Waals surface area contributed by atoms with E-state index in [0.29, 0.717) is 49.8 Å². The molecule has 1 atom stereocenters. The van der Waals surface area contributed by atoms with Gasteiger partial charge in [0.2, 0.25) is 0 Å². The topological polar surface area (TPSA) is 93.0 Å². The van der Waals surface area contributed by atoms with Crippen LogP contribution in [0.3, 0.4) is 0 Å². The first-order chi connectivity index (χ1) is 16.5. The Hall–Kier alpha value is -4.04. The summed E-state index contributed by atoms with van der Waals surface area (Å²) in [6, 6.07) is 22.4. The Kier molecular flexibility index (Phi) is 7.29. The Morgan fingerprint density at radius 3 is 2.06 bits per heavy atom. The van der Waals surface area contributed by atoms with E-state index in [1.54, 1.807) is 24.3 Å². The van der Waals surface area contributed by atoms with Crippen molar-refractivity contribution in [3.8, 4) is 11.5 Å². The summed E-state index contributed by atoms with van der Waals surface area (Å²) in [5.74, 6) is 0.823. The molecule has 1 saturated heterocycles. The predicted molar refractivity (Wildman–Crippen MR) is 127 cm³/mol. The summed E-state index contributed by atoms with van der Waals surface area (Å²) in [4.78, 5) is 38.8. The van der Waals surface area contributed by atoms with E-state index >= 15 is 0 Å². The van der Waals surface area contributed by atoms with Gasteiger partial charge in [-0.3, -0.25) is 19.8 Å². The van der Waals surface area contributed by atoms with Gasteiger partial charge >= 0.3 is 0 Å². The summed E-state index contributed by atoms with van der Waals surface area (Å²) in [6.45, 7) is 3.26. The lowest BCUT2D eigenvalue weighted by atomic mass is 9.99. The number of amides is 1. The van der Waals surface area contributed by atoms with Gasteiger partial charge in [0.1, 0.15) is 17.8 Å². The van der Waals surface area contributed by atoms with Crippen molar-refractivity contribution in [3.05, 3.63) is 100 Å². The van der Waals surface area contributed by atoms with E-state index in [-0.39, 0.29) is 17.5 Å². The predicted octanol–water partition coefficient (Wildman–Crippen LogP) is 4.13. The number of hydrogen-bond donors (Lipinski definition) is 0. The molecule has 8 nitrogen and oxygen atoms in total. The molecule has 4 rings (SSSR count). The zero-order valence-corrected chi connectivity index (χ0v) is 18.6. The molecule has 1 aliphatic heterocycles. The second kappa shape index (κ2) is 10.7. The zero-order valence-electron chi connectivity index (χ0n) is 18.6. The highest BCUT2D eigenvalue weighted by atomic mass is 16.6. The molecule has 1 amide bonds.